The van der Waals surface area contributed by atoms with Crippen LogP contribution in [0.3, 0.4) is 0 Å². The van der Waals surface area contributed by atoms with Crippen LogP contribution < -0.4 is 17.3 Å². The van der Waals surface area contributed by atoms with Gasteiger partial charge in [0.25, 0.3) is 0 Å². The third-order valence-electron chi connectivity index (χ3n) is 4.20. The van der Waals surface area contributed by atoms with Crippen LogP contribution in [0.5, 0.6) is 0 Å². The third-order valence-corrected chi connectivity index (χ3v) is 4.20. The molecule has 0 spiro atoms. The van der Waals surface area contributed by atoms with E-state index in [1.165, 1.54) is 17.1 Å². The largest absolute Gasteiger partial charge is 0.478 e. The number of carboxylic acids is 1. The maximum Gasteiger partial charge on any atom is 0.341 e. The number of hydrogen-bond donors (Lipinski definition) is 4. The van der Waals surface area contributed by atoms with Gasteiger partial charge in [-0.05, 0) is 31.5 Å². The second-order valence-corrected chi connectivity index (χ2v) is 6.40. The first-order valence-corrected chi connectivity index (χ1v) is 8.74. The van der Waals surface area contributed by atoms with Gasteiger partial charge >= 0.3 is 11.9 Å². The highest BCUT2D eigenvalue weighted by molar-refractivity contribution is 6.22. The van der Waals surface area contributed by atoms with Crippen molar-refractivity contribution in [2.45, 2.75) is 13.3 Å². The van der Waals surface area contributed by atoms with Gasteiger partial charge in [0, 0.05) is 37.0 Å². The molecule has 1 aromatic carbocycles. The first-order valence-electron chi connectivity index (χ1n) is 8.74. The van der Waals surface area contributed by atoms with Gasteiger partial charge < -0.3 is 26.3 Å². The molecule has 1 fully saturated rings. The summed E-state index contributed by atoms with van der Waals surface area (Å²) in [6.45, 7) is 1.88. The number of rotatable bonds is 8. The number of benzene rings is 1. The molecule has 0 amide bonds. The molecular weight excluding hydrogens is 362 g/mol. The quantitative estimate of drug-likeness (QED) is 0.170. The average Bonchev–Trinajstić information content (AvgIpc) is 3.42. The smallest absolute Gasteiger partial charge is 0.341 e. The van der Waals surface area contributed by atoms with Crippen molar-refractivity contribution in [3.63, 3.8) is 0 Å². The van der Waals surface area contributed by atoms with Gasteiger partial charge in [0.15, 0.2) is 0 Å². The maximum absolute atomic E-state index is 12.3. The van der Waals surface area contributed by atoms with Crippen LogP contribution in [0.25, 0.3) is 0 Å². The average molecular weight is 387 g/mol. The molecule has 9 nitrogen and oxygen atoms in total. The lowest BCUT2D eigenvalue weighted by Crippen LogP contribution is -2.23. The fraction of sp³-hybridized carbons (Fsp3) is 0.316. The van der Waals surface area contributed by atoms with Gasteiger partial charge in [0.2, 0.25) is 0 Å². The molecule has 0 aliphatic heterocycles. The molecule has 1 saturated carbocycles. The molecule has 1 unspecified atom stereocenters. The zero-order valence-corrected chi connectivity index (χ0v) is 15.8. The molecule has 0 saturated heterocycles. The van der Waals surface area contributed by atoms with Crippen molar-refractivity contribution in [2.75, 3.05) is 13.7 Å². The lowest BCUT2D eigenvalue weighted by Gasteiger charge is -2.12. The second-order valence-electron chi connectivity index (χ2n) is 6.40. The second kappa shape index (κ2) is 9.05. The Morgan fingerprint density at radius 1 is 1.39 bits per heavy atom. The van der Waals surface area contributed by atoms with E-state index in [0.29, 0.717) is 23.5 Å². The third kappa shape index (κ3) is 5.10. The minimum absolute atomic E-state index is 0.0585. The van der Waals surface area contributed by atoms with E-state index in [1.54, 1.807) is 32.3 Å². The van der Waals surface area contributed by atoms with Crippen LogP contribution in [-0.2, 0) is 9.53 Å². The predicted molar refractivity (Wildman–Crippen MR) is 105 cm³/mol. The van der Waals surface area contributed by atoms with Crippen LogP contribution >= 0.6 is 0 Å². The van der Waals surface area contributed by atoms with E-state index >= 15 is 0 Å². The topological polar surface area (TPSA) is 157 Å². The first kappa shape index (κ1) is 21.0. The van der Waals surface area contributed by atoms with Crippen LogP contribution in [0, 0.1) is 11.8 Å². The number of allylic oxidation sites excluding steroid dienone is 1. The number of nitrogens with two attached hydrogens (primary N) is 3. The van der Waals surface area contributed by atoms with E-state index in [-0.39, 0.29) is 29.6 Å². The van der Waals surface area contributed by atoms with Crippen molar-refractivity contribution in [2.24, 2.45) is 34.1 Å². The molecule has 1 aliphatic rings. The highest BCUT2D eigenvalue weighted by atomic mass is 16.5. The molecule has 0 bridgehead atoms. The number of carbonyl (C=O) groups is 2. The van der Waals surface area contributed by atoms with E-state index in [2.05, 4.69) is 4.99 Å². The summed E-state index contributed by atoms with van der Waals surface area (Å²) in [4.78, 5) is 28.1. The Hall–Kier alpha value is -3.33. The normalized spacial score (nSPS) is 19.9. The van der Waals surface area contributed by atoms with Crippen LogP contribution in [0.15, 0.2) is 52.9 Å². The number of aromatic carboxylic acids is 1. The van der Waals surface area contributed by atoms with Crippen molar-refractivity contribution in [3.05, 3.63) is 53.5 Å². The van der Waals surface area contributed by atoms with Crippen LogP contribution in [-0.4, -0.2) is 41.4 Å². The van der Waals surface area contributed by atoms with Crippen molar-refractivity contribution < 1.29 is 19.4 Å². The molecule has 28 heavy (non-hydrogen) atoms. The van der Waals surface area contributed by atoms with Crippen molar-refractivity contribution in [3.8, 4) is 0 Å². The van der Waals surface area contributed by atoms with E-state index in [4.69, 9.17) is 22.0 Å². The first-order chi connectivity index (χ1) is 13.3. The molecule has 9 heteroatoms. The summed E-state index contributed by atoms with van der Waals surface area (Å²) in [5.41, 5.74) is 13.3. The van der Waals surface area contributed by atoms with Crippen molar-refractivity contribution in [1.29, 1.82) is 0 Å². The maximum atomic E-state index is 12.3. The van der Waals surface area contributed by atoms with Gasteiger partial charge in [-0.2, -0.15) is 0 Å². The van der Waals surface area contributed by atoms with Gasteiger partial charge in [-0.1, -0.05) is 6.07 Å². The minimum atomic E-state index is -1.07. The monoisotopic (exact) mass is 387 g/mol. The predicted octanol–water partition coefficient (Wildman–Crippen LogP) is 1.10. The van der Waals surface area contributed by atoms with Crippen LogP contribution in [0.4, 0.5) is 5.69 Å². The summed E-state index contributed by atoms with van der Waals surface area (Å²) < 4.78 is 5.08. The number of aliphatic imine (C=N–C) groups is 1. The number of ether oxygens (including phenoxy) is 1. The fourth-order valence-corrected chi connectivity index (χ4v) is 2.85. The Kier molecular flexibility index (Phi) is 6.78. The Bertz CT molecular complexity index is 844. The van der Waals surface area contributed by atoms with Gasteiger partial charge in [0.05, 0.1) is 29.1 Å². The summed E-state index contributed by atoms with van der Waals surface area (Å²) >= 11 is 0. The number of hydrazine groups is 1. The molecule has 1 aromatic rings. The number of carbonyl (C=O) groups excluding carboxylic acids is 1. The molecule has 1 aliphatic carbocycles. The van der Waals surface area contributed by atoms with Gasteiger partial charge in [0.1, 0.15) is 0 Å². The zero-order valence-electron chi connectivity index (χ0n) is 15.8. The molecule has 0 aromatic heterocycles. The van der Waals surface area contributed by atoms with E-state index in [9.17, 15) is 14.7 Å². The number of hydrogen-bond acceptors (Lipinski definition) is 8. The van der Waals surface area contributed by atoms with E-state index in [0.717, 1.165) is 6.20 Å². The van der Waals surface area contributed by atoms with Crippen molar-refractivity contribution in [1.82, 2.24) is 5.01 Å². The van der Waals surface area contributed by atoms with E-state index < -0.39 is 11.9 Å². The van der Waals surface area contributed by atoms with Gasteiger partial charge in [-0.3, -0.25) is 4.99 Å². The molecular formula is C19H25N5O4. The lowest BCUT2D eigenvalue weighted by atomic mass is 10.0. The van der Waals surface area contributed by atoms with Crippen LogP contribution in [0.1, 0.15) is 23.7 Å². The standard InChI is InChI=1S/C19H25N5O4/c1-3-28-19(27)15(9-20)17(14-8-13(14)16(21)10-24(2)22)23-12-6-4-5-11(7-12)18(25)26/h4-7,9-10,13-14H,3,8,20-22H2,1-2H3,(H,25,26)/b15-9?,16-10-,23-17?/t13?,14-/m1/s1. The number of nitrogens with zero attached hydrogens (tertiary/aromatic N) is 2. The summed E-state index contributed by atoms with van der Waals surface area (Å²) in [7, 11) is 1.65. The molecule has 7 N–H and O–H groups in total. The molecule has 0 radical (unpaired) electrons. The summed E-state index contributed by atoms with van der Waals surface area (Å²) in [6.07, 6.45) is 3.41. The van der Waals surface area contributed by atoms with E-state index in [1.807, 2.05) is 0 Å². The minimum Gasteiger partial charge on any atom is -0.478 e. The number of carboxylic acid groups (broad SMARTS) is 1. The Balaban J connectivity index is 2.44. The SMILES string of the molecule is CCOC(=O)C(=CN)C(=Nc1cccc(C(=O)O)c1)[C@@H]1CC1/C(N)=C/N(C)N. The summed E-state index contributed by atoms with van der Waals surface area (Å²) in [6, 6.07) is 6.11. The molecule has 0 heterocycles. The van der Waals surface area contributed by atoms with Gasteiger partial charge in [-0.25, -0.2) is 15.4 Å². The fourth-order valence-electron chi connectivity index (χ4n) is 2.85. The highest BCUT2D eigenvalue weighted by Crippen LogP contribution is 2.45. The Labute approximate surface area is 163 Å². The van der Waals surface area contributed by atoms with Crippen molar-refractivity contribution >= 4 is 23.3 Å². The van der Waals surface area contributed by atoms with Gasteiger partial charge in [-0.15, -0.1) is 0 Å². The number of esters is 1. The molecule has 2 atom stereocenters. The molecule has 2 rings (SSSR count). The molecule has 150 valence electrons. The Morgan fingerprint density at radius 2 is 2.11 bits per heavy atom. The zero-order chi connectivity index (χ0) is 20.8. The Morgan fingerprint density at radius 3 is 2.68 bits per heavy atom. The summed E-state index contributed by atoms with van der Waals surface area (Å²) in [5, 5.41) is 10.5. The van der Waals surface area contributed by atoms with Crippen LogP contribution in [0.2, 0.25) is 0 Å². The summed E-state index contributed by atoms with van der Waals surface area (Å²) in [5.74, 6) is 3.72. The lowest BCUT2D eigenvalue weighted by molar-refractivity contribution is -0.137. The highest BCUT2D eigenvalue weighted by Gasteiger charge is 2.45.